The molecule has 1 aromatic carbocycles. The van der Waals surface area contributed by atoms with Crippen LogP contribution in [0.4, 0.5) is 20.2 Å². The summed E-state index contributed by atoms with van der Waals surface area (Å²) < 4.78 is 31.5. The first kappa shape index (κ1) is 19.1. The summed E-state index contributed by atoms with van der Waals surface area (Å²) in [7, 11) is 1.74. The highest BCUT2D eigenvalue weighted by Gasteiger charge is 2.13. The van der Waals surface area contributed by atoms with Crippen molar-refractivity contribution < 1.29 is 8.78 Å². The molecule has 0 atom stereocenters. The molecule has 0 aliphatic rings. The Morgan fingerprint density at radius 3 is 2.76 bits per heavy atom. The molecular formula is C18H22F2N4S. The van der Waals surface area contributed by atoms with E-state index in [-0.39, 0.29) is 11.4 Å². The third-order valence-electron chi connectivity index (χ3n) is 3.40. The van der Waals surface area contributed by atoms with Crippen LogP contribution in [0.3, 0.4) is 0 Å². The van der Waals surface area contributed by atoms with Gasteiger partial charge in [0.05, 0.1) is 11.4 Å². The standard InChI is InChI=1S/C18H22F2N4S/c1-4-7-25-24-15-6-5-14(19)18(17(15)20)23-11-16(21-3)13-8-12(2)9-22-10-13/h5-6,8-11,21,23-24H,4,7H2,1-3H3/b16-11-. The molecule has 2 aromatic rings. The van der Waals surface area contributed by atoms with Crippen LogP contribution in [0.5, 0.6) is 0 Å². The quantitative estimate of drug-likeness (QED) is 0.465. The SMILES string of the molecule is CCCSNc1ccc(F)c(N/C=C(\NC)c2cncc(C)c2)c1F. The fraction of sp³-hybridized carbons (Fsp3) is 0.278. The van der Waals surface area contributed by atoms with E-state index in [1.54, 1.807) is 19.4 Å². The maximum atomic E-state index is 14.5. The molecule has 0 saturated carbocycles. The number of aromatic nitrogens is 1. The first-order chi connectivity index (χ1) is 12.1. The van der Waals surface area contributed by atoms with Gasteiger partial charge in [-0.1, -0.05) is 18.9 Å². The Morgan fingerprint density at radius 1 is 1.28 bits per heavy atom. The third kappa shape index (κ3) is 5.09. The summed E-state index contributed by atoms with van der Waals surface area (Å²) in [6, 6.07) is 4.57. The molecule has 0 spiro atoms. The lowest BCUT2D eigenvalue weighted by atomic mass is 10.1. The van der Waals surface area contributed by atoms with E-state index in [1.165, 1.54) is 30.3 Å². The number of rotatable bonds is 8. The number of nitrogens with one attached hydrogen (secondary N) is 3. The van der Waals surface area contributed by atoms with Crippen LogP contribution in [-0.2, 0) is 0 Å². The summed E-state index contributed by atoms with van der Waals surface area (Å²) in [6.45, 7) is 3.96. The Balaban J connectivity index is 2.24. The first-order valence-corrected chi connectivity index (χ1v) is 8.97. The van der Waals surface area contributed by atoms with E-state index in [0.29, 0.717) is 5.70 Å². The van der Waals surface area contributed by atoms with Crippen LogP contribution in [0.2, 0.25) is 0 Å². The summed E-state index contributed by atoms with van der Waals surface area (Å²) in [6.07, 6.45) is 5.92. The molecule has 25 heavy (non-hydrogen) atoms. The minimum Gasteiger partial charge on any atom is -0.386 e. The Hall–Kier alpha value is -2.28. The lowest BCUT2D eigenvalue weighted by Gasteiger charge is -2.13. The predicted molar refractivity (Wildman–Crippen MR) is 102 cm³/mol. The van der Waals surface area contributed by atoms with E-state index >= 15 is 0 Å². The number of hydrogen-bond acceptors (Lipinski definition) is 5. The van der Waals surface area contributed by atoms with Gasteiger partial charge >= 0.3 is 0 Å². The van der Waals surface area contributed by atoms with Gasteiger partial charge in [0, 0.05) is 37.0 Å². The number of anilines is 2. The maximum Gasteiger partial charge on any atom is 0.173 e. The van der Waals surface area contributed by atoms with Crippen LogP contribution in [0.1, 0.15) is 24.5 Å². The van der Waals surface area contributed by atoms with E-state index in [0.717, 1.165) is 23.3 Å². The smallest absolute Gasteiger partial charge is 0.173 e. The minimum absolute atomic E-state index is 0.199. The lowest BCUT2D eigenvalue weighted by molar-refractivity contribution is 0.593. The van der Waals surface area contributed by atoms with E-state index in [1.807, 2.05) is 19.9 Å². The van der Waals surface area contributed by atoms with Gasteiger partial charge < -0.3 is 15.4 Å². The van der Waals surface area contributed by atoms with Crippen LogP contribution in [0, 0.1) is 18.6 Å². The molecule has 1 heterocycles. The van der Waals surface area contributed by atoms with Crippen molar-refractivity contribution in [1.29, 1.82) is 0 Å². The number of pyridine rings is 1. The van der Waals surface area contributed by atoms with Crippen LogP contribution in [0.15, 0.2) is 36.8 Å². The van der Waals surface area contributed by atoms with Gasteiger partial charge in [-0.3, -0.25) is 4.98 Å². The van der Waals surface area contributed by atoms with Gasteiger partial charge in [-0.25, -0.2) is 8.78 Å². The fourth-order valence-electron chi connectivity index (χ4n) is 2.14. The molecule has 0 fully saturated rings. The van der Waals surface area contributed by atoms with Crippen molar-refractivity contribution in [2.75, 3.05) is 22.8 Å². The summed E-state index contributed by atoms with van der Waals surface area (Å²) in [4.78, 5) is 4.13. The van der Waals surface area contributed by atoms with Crippen molar-refractivity contribution in [3.63, 3.8) is 0 Å². The average Bonchev–Trinajstić information content (AvgIpc) is 2.60. The summed E-state index contributed by atoms with van der Waals surface area (Å²) in [5, 5.41) is 5.73. The lowest BCUT2D eigenvalue weighted by Crippen LogP contribution is -2.09. The van der Waals surface area contributed by atoms with Crippen molar-refractivity contribution >= 4 is 29.0 Å². The van der Waals surface area contributed by atoms with Crippen molar-refractivity contribution in [2.45, 2.75) is 20.3 Å². The third-order valence-corrected chi connectivity index (χ3v) is 4.37. The second-order valence-electron chi connectivity index (χ2n) is 5.44. The van der Waals surface area contributed by atoms with Crippen LogP contribution in [-0.4, -0.2) is 17.8 Å². The molecule has 0 unspecified atom stereocenters. The molecule has 134 valence electrons. The molecule has 2 rings (SSSR count). The van der Waals surface area contributed by atoms with Gasteiger partial charge in [0.2, 0.25) is 0 Å². The van der Waals surface area contributed by atoms with Crippen molar-refractivity contribution in [2.24, 2.45) is 0 Å². The summed E-state index contributed by atoms with van der Waals surface area (Å²) >= 11 is 1.39. The monoisotopic (exact) mass is 364 g/mol. The average molecular weight is 364 g/mol. The molecule has 4 nitrogen and oxygen atoms in total. The van der Waals surface area contributed by atoms with E-state index in [9.17, 15) is 8.78 Å². The number of aryl methyl sites for hydroxylation is 1. The Kier molecular flexibility index (Phi) is 7.06. The molecule has 0 aliphatic heterocycles. The highest BCUT2D eigenvalue weighted by molar-refractivity contribution is 8.00. The summed E-state index contributed by atoms with van der Waals surface area (Å²) in [5.74, 6) is -0.473. The fourth-order valence-corrected chi connectivity index (χ4v) is 2.76. The molecule has 0 aliphatic carbocycles. The molecule has 3 N–H and O–H groups in total. The second kappa shape index (κ2) is 9.27. The predicted octanol–water partition coefficient (Wildman–Crippen LogP) is 4.77. The molecule has 0 saturated heterocycles. The molecule has 0 radical (unpaired) electrons. The maximum absolute atomic E-state index is 14.5. The highest BCUT2D eigenvalue weighted by Crippen LogP contribution is 2.28. The molecule has 7 heteroatoms. The Labute approximate surface area is 151 Å². The Morgan fingerprint density at radius 2 is 2.08 bits per heavy atom. The van der Waals surface area contributed by atoms with Crippen molar-refractivity contribution in [1.82, 2.24) is 10.3 Å². The highest BCUT2D eigenvalue weighted by atomic mass is 32.2. The zero-order valence-electron chi connectivity index (χ0n) is 14.5. The molecule has 1 aromatic heterocycles. The van der Waals surface area contributed by atoms with Gasteiger partial charge in [-0.2, -0.15) is 0 Å². The van der Waals surface area contributed by atoms with Gasteiger partial charge in [0.1, 0.15) is 11.5 Å². The Bertz CT molecular complexity index is 750. The number of benzene rings is 1. The van der Waals surface area contributed by atoms with Crippen LogP contribution < -0.4 is 15.4 Å². The van der Waals surface area contributed by atoms with Crippen LogP contribution in [0.25, 0.3) is 5.70 Å². The minimum atomic E-state index is -0.655. The zero-order valence-corrected chi connectivity index (χ0v) is 15.3. The van der Waals surface area contributed by atoms with Gasteiger partial charge in [0.15, 0.2) is 5.82 Å². The number of nitrogens with zero attached hydrogens (tertiary/aromatic N) is 1. The number of halogens is 2. The second-order valence-corrected chi connectivity index (χ2v) is 6.34. The molecule has 0 bridgehead atoms. The van der Waals surface area contributed by atoms with Gasteiger partial charge in [0.25, 0.3) is 0 Å². The topological polar surface area (TPSA) is 49.0 Å². The van der Waals surface area contributed by atoms with Gasteiger partial charge in [-0.05, 0) is 37.1 Å². The largest absolute Gasteiger partial charge is 0.386 e. The van der Waals surface area contributed by atoms with E-state index in [2.05, 4.69) is 20.3 Å². The van der Waals surface area contributed by atoms with E-state index < -0.39 is 11.6 Å². The van der Waals surface area contributed by atoms with Gasteiger partial charge in [-0.15, -0.1) is 0 Å². The molecule has 0 amide bonds. The first-order valence-electron chi connectivity index (χ1n) is 7.99. The summed E-state index contributed by atoms with van der Waals surface area (Å²) in [5.41, 5.74) is 2.54. The number of hydrogen-bond donors (Lipinski definition) is 3. The molecular weight excluding hydrogens is 342 g/mol. The van der Waals surface area contributed by atoms with E-state index in [4.69, 9.17) is 0 Å². The van der Waals surface area contributed by atoms with Crippen molar-refractivity contribution in [3.8, 4) is 0 Å². The van der Waals surface area contributed by atoms with Crippen LogP contribution >= 0.6 is 11.9 Å². The normalized spacial score (nSPS) is 11.3. The van der Waals surface area contributed by atoms with Crippen molar-refractivity contribution in [3.05, 3.63) is 59.6 Å². The zero-order chi connectivity index (χ0) is 18.2.